The van der Waals surface area contributed by atoms with Crippen LogP contribution in [-0.2, 0) is 12.7 Å². The lowest BCUT2D eigenvalue weighted by atomic mass is 10.1. The van der Waals surface area contributed by atoms with Crippen molar-refractivity contribution in [1.29, 1.82) is 0 Å². The van der Waals surface area contributed by atoms with Gasteiger partial charge in [0, 0.05) is 17.8 Å². The van der Waals surface area contributed by atoms with Crippen molar-refractivity contribution >= 4 is 11.7 Å². The van der Waals surface area contributed by atoms with Crippen LogP contribution in [0.5, 0.6) is 0 Å². The minimum atomic E-state index is -4.57. The number of alkyl halides is 3. The molecule has 24 heavy (non-hydrogen) atoms. The minimum Gasteiger partial charge on any atom is -0.334 e. The van der Waals surface area contributed by atoms with Crippen molar-refractivity contribution < 1.29 is 22.4 Å². The van der Waals surface area contributed by atoms with Gasteiger partial charge < -0.3 is 10.6 Å². The SMILES string of the molecule is Cc1cccc(NC(=O)NCc2cc(C(F)(F)F)ccc2F)c1C. The number of hydrogen-bond acceptors (Lipinski definition) is 1. The normalized spacial score (nSPS) is 11.2. The van der Waals surface area contributed by atoms with E-state index < -0.39 is 23.6 Å². The quantitative estimate of drug-likeness (QED) is 0.776. The largest absolute Gasteiger partial charge is 0.416 e. The van der Waals surface area contributed by atoms with Crippen LogP contribution in [0, 0.1) is 19.7 Å². The zero-order chi connectivity index (χ0) is 17.9. The molecule has 2 aromatic rings. The van der Waals surface area contributed by atoms with Crippen LogP contribution >= 0.6 is 0 Å². The Bertz CT molecular complexity index is 757. The van der Waals surface area contributed by atoms with Gasteiger partial charge in [0.2, 0.25) is 0 Å². The Hall–Kier alpha value is -2.57. The summed E-state index contributed by atoms with van der Waals surface area (Å²) < 4.78 is 51.6. The molecule has 0 aromatic heterocycles. The van der Waals surface area contributed by atoms with E-state index >= 15 is 0 Å². The summed E-state index contributed by atoms with van der Waals surface area (Å²) in [5.74, 6) is -0.810. The number of aryl methyl sites for hydroxylation is 1. The van der Waals surface area contributed by atoms with Crippen LogP contribution < -0.4 is 10.6 Å². The minimum absolute atomic E-state index is 0.235. The maximum atomic E-state index is 13.6. The van der Waals surface area contributed by atoms with Crippen LogP contribution in [0.1, 0.15) is 22.3 Å². The maximum absolute atomic E-state index is 13.6. The predicted octanol–water partition coefficient (Wildman–Crippen LogP) is 4.78. The Balaban J connectivity index is 2.05. The first kappa shape index (κ1) is 17.8. The van der Waals surface area contributed by atoms with Crippen LogP contribution in [-0.4, -0.2) is 6.03 Å². The average molecular weight is 340 g/mol. The Morgan fingerprint density at radius 2 is 1.83 bits per heavy atom. The van der Waals surface area contributed by atoms with Gasteiger partial charge in [-0.25, -0.2) is 9.18 Å². The summed E-state index contributed by atoms with van der Waals surface area (Å²) in [6, 6.07) is 6.82. The Morgan fingerprint density at radius 3 is 2.50 bits per heavy atom. The van der Waals surface area contributed by atoms with Gasteiger partial charge in [0.1, 0.15) is 5.82 Å². The number of halogens is 4. The molecular formula is C17H16F4N2O. The van der Waals surface area contributed by atoms with Crippen molar-refractivity contribution in [3.8, 4) is 0 Å². The van der Waals surface area contributed by atoms with Gasteiger partial charge in [-0.3, -0.25) is 0 Å². The highest BCUT2D eigenvalue weighted by atomic mass is 19.4. The van der Waals surface area contributed by atoms with Gasteiger partial charge in [-0.2, -0.15) is 13.2 Å². The fourth-order valence-electron chi connectivity index (χ4n) is 2.12. The molecule has 0 radical (unpaired) electrons. The van der Waals surface area contributed by atoms with Gasteiger partial charge >= 0.3 is 12.2 Å². The first-order valence-electron chi connectivity index (χ1n) is 7.15. The van der Waals surface area contributed by atoms with E-state index in [0.29, 0.717) is 17.8 Å². The zero-order valence-electron chi connectivity index (χ0n) is 13.1. The van der Waals surface area contributed by atoms with E-state index in [2.05, 4.69) is 10.6 Å². The molecule has 0 bridgehead atoms. The van der Waals surface area contributed by atoms with E-state index in [0.717, 1.165) is 17.2 Å². The number of amides is 2. The van der Waals surface area contributed by atoms with E-state index in [4.69, 9.17) is 0 Å². The Kier molecular flexibility index (Phi) is 5.11. The van der Waals surface area contributed by atoms with Crippen molar-refractivity contribution in [2.75, 3.05) is 5.32 Å². The van der Waals surface area contributed by atoms with Gasteiger partial charge in [-0.05, 0) is 49.2 Å². The third-order valence-electron chi connectivity index (χ3n) is 3.67. The number of carbonyl (C=O) groups is 1. The molecule has 3 nitrogen and oxygen atoms in total. The topological polar surface area (TPSA) is 41.1 Å². The molecule has 0 atom stereocenters. The first-order chi connectivity index (χ1) is 11.2. The van der Waals surface area contributed by atoms with E-state index in [9.17, 15) is 22.4 Å². The smallest absolute Gasteiger partial charge is 0.334 e. The molecule has 0 spiro atoms. The molecule has 0 saturated heterocycles. The van der Waals surface area contributed by atoms with E-state index in [1.807, 2.05) is 19.9 Å². The second-order valence-electron chi connectivity index (χ2n) is 5.36. The fraction of sp³-hybridized carbons (Fsp3) is 0.235. The van der Waals surface area contributed by atoms with Gasteiger partial charge in [0.25, 0.3) is 0 Å². The molecule has 0 heterocycles. The van der Waals surface area contributed by atoms with Crippen molar-refractivity contribution in [2.24, 2.45) is 0 Å². The second-order valence-corrected chi connectivity index (χ2v) is 5.36. The Morgan fingerprint density at radius 1 is 1.12 bits per heavy atom. The lowest BCUT2D eigenvalue weighted by molar-refractivity contribution is -0.137. The number of carbonyl (C=O) groups excluding carboxylic acids is 1. The number of anilines is 1. The van der Waals surface area contributed by atoms with E-state index in [1.165, 1.54) is 0 Å². The highest BCUT2D eigenvalue weighted by Gasteiger charge is 2.31. The molecule has 2 N–H and O–H groups in total. The summed E-state index contributed by atoms with van der Waals surface area (Å²) in [6.07, 6.45) is -4.57. The number of urea groups is 1. The molecule has 0 saturated carbocycles. The highest BCUT2D eigenvalue weighted by molar-refractivity contribution is 5.90. The average Bonchev–Trinajstić information content (AvgIpc) is 2.50. The monoisotopic (exact) mass is 340 g/mol. The third kappa shape index (κ3) is 4.24. The number of benzene rings is 2. The molecule has 0 fully saturated rings. The molecule has 0 aliphatic carbocycles. The molecule has 0 aliphatic rings. The van der Waals surface area contributed by atoms with Gasteiger partial charge in [0.05, 0.1) is 5.56 Å². The van der Waals surface area contributed by atoms with Crippen LogP contribution in [0.4, 0.5) is 28.0 Å². The molecule has 7 heteroatoms. The van der Waals surface area contributed by atoms with Crippen LogP contribution in [0.2, 0.25) is 0 Å². The maximum Gasteiger partial charge on any atom is 0.416 e. The standard InChI is InChI=1S/C17H16F4N2O/c1-10-4-3-5-15(11(10)2)23-16(24)22-9-12-8-13(17(19,20)21)6-7-14(12)18/h3-8H,9H2,1-2H3,(H2,22,23,24). The first-order valence-corrected chi connectivity index (χ1v) is 7.15. The second kappa shape index (κ2) is 6.90. The van der Waals surface area contributed by atoms with Crippen LogP contribution in [0.25, 0.3) is 0 Å². The highest BCUT2D eigenvalue weighted by Crippen LogP contribution is 2.30. The molecule has 2 rings (SSSR count). The van der Waals surface area contributed by atoms with Gasteiger partial charge in [-0.1, -0.05) is 12.1 Å². The third-order valence-corrected chi connectivity index (χ3v) is 3.67. The summed E-state index contributed by atoms with van der Waals surface area (Å²) in [5.41, 5.74) is 1.24. The Labute approximate surface area is 136 Å². The molecule has 2 amide bonds. The summed E-state index contributed by atoms with van der Waals surface area (Å²) in [7, 11) is 0. The van der Waals surface area contributed by atoms with E-state index in [1.54, 1.807) is 12.1 Å². The summed E-state index contributed by atoms with van der Waals surface area (Å²) >= 11 is 0. The van der Waals surface area contributed by atoms with Crippen molar-refractivity contribution in [3.05, 3.63) is 64.5 Å². The van der Waals surface area contributed by atoms with Crippen molar-refractivity contribution in [2.45, 2.75) is 26.6 Å². The zero-order valence-corrected chi connectivity index (χ0v) is 13.1. The molecule has 0 aliphatic heterocycles. The number of rotatable bonds is 3. The summed E-state index contributed by atoms with van der Waals surface area (Å²) in [5, 5.41) is 4.95. The van der Waals surface area contributed by atoms with Crippen molar-refractivity contribution in [1.82, 2.24) is 5.32 Å². The molecule has 128 valence electrons. The summed E-state index contributed by atoms with van der Waals surface area (Å²) in [6.45, 7) is 3.36. The van der Waals surface area contributed by atoms with Gasteiger partial charge in [0.15, 0.2) is 0 Å². The molecular weight excluding hydrogens is 324 g/mol. The number of nitrogens with one attached hydrogen (secondary N) is 2. The molecule has 2 aromatic carbocycles. The van der Waals surface area contributed by atoms with Crippen molar-refractivity contribution in [3.63, 3.8) is 0 Å². The lowest BCUT2D eigenvalue weighted by Crippen LogP contribution is -2.29. The summed E-state index contributed by atoms with van der Waals surface area (Å²) in [4.78, 5) is 11.9. The van der Waals surface area contributed by atoms with Crippen LogP contribution in [0.15, 0.2) is 36.4 Å². The molecule has 0 unspecified atom stereocenters. The van der Waals surface area contributed by atoms with Gasteiger partial charge in [-0.15, -0.1) is 0 Å². The fourth-order valence-corrected chi connectivity index (χ4v) is 2.12. The predicted molar refractivity (Wildman–Crippen MR) is 83.2 cm³/mol. The van der Waals surface area contributed by atoms with Crippen LogP contribution in [0.3, 0.4) is 0 Å². The van der Waals surface area contributed by atoms with E-state index in [-0.39, 0.29) is 12.1 Å². The number of hydrogen-bond donors (Lipinski definition) is 2. The lowest BCUT2D eigenvalue weighted by Gasteiger charge is -2.13.